The molecule has 1 aromatic carbocycles. The molecule has 0 radical (unpaired) electrons. The van der Waals surface area contributed by atoms with Crippen molar-refractivity contribution < 1.29 is 13.0 Å². The molecule has 1 aliphatic carbocycles. The van der Waals surface area contributed by atoms with Crippen molar-refractivity contribution in [1.29, 1.82) is 0 Å². The van der Waals surface area contributed by atoms with Crippen LogP contribution in [0.1, 0.15) is 30.4 Å². The lowest BCUT2D eigenvalue weighted by atomic mass is 9.72. The van der Waals surface area contributed by atoms with E-state index in [1.807, 2.05) is 11.8 Å². The molecule has 2 aromatic rings. The van der Waals surface area contributed by atoms with E-state index in [2.05, 4.69) is 47.5 Å². The SMILES string of the molecule is CCN1C[C@H](CSC)CC2c3cccc4[nH]cc(c34)C[C@H]21.CS(=O)(=O)O. The summed E-state index contributed by atoms with van der Waals surface area (Å²) in [6, 6.07) is 7.55. The lowest BCUT2D eigenvalue weighted by Gasteiger charge is -2.47. The van der Waals surface area contributed by atoms with Gasteiger partial charge < -0.3 is 4.98 Å². The first kappa shape index (κ1) is 19.7. The van der Waals surface area contributed by atoms with Crippen molar-refractivity contribution in [2.75, 3.05) is 31.4 Å². The first-order chi connectivity index (χ1) is 12.3. The lowest BCUT2D eigenvalue weighted by Crippen LogP contribution is -2.50. The van der Waals surface area contributed by atoms with Gasteiger partial charge in [0, 0.05) is 35.6 Å². The van der Waals surface area contributed by atoms with Crippen molar-refractivity contribution in [2.24, 2.45) is 5.92 Å². The fraction of sp³-hybridized carbons (Fsp3) is 0.579. The summed E-state index contributed by atoms with van der Waals surface area (Å²) in [4.78, 5) is 6.22. The summed E-state index contributed by atoms with van der Waals surface area (Å²) in [5.41, 5.74) is 4.46. The van der Waals surface area contributed by atoms with E-state index in [-0.39, 0.29) is 0 Å². The molecule has 1 unspecified atom stereocenters. The Bertz CT molecular complexity index is 855. The first-order valence-corrected chi connectivity index (χ1v) is 12.3. The highest BCUT2D eigenvalue weighted by molar-refractivity contribution is 7.98. The highest BCUT2D eigenvalue weighted by atomic mass is 32.2. The highest BCUT2D eigenvalue weighted by Crippen LogP contribution is 2.44. The van der Waals surface area contributed by atoms with E-state index in [9.17, 15) is 8.42 Å². The Kier molecular flexibility index (Phi) is 6.01. The third-order valence-corrected chi connectivity index (χ3v) is 6.27. The van der Waals surface area contributed by atoms with E-state index in [1.54, 1.807) is 5.56 Å². The first-order valence-electron chi connectivity index (χ1n) is 9.06. The van der Waals surface area contributed by atoms with Crippen LogP contribution < -0.4 is 0 Å². The number of hydrogen-bond donors (Lipinski definition) is 2. The van der Waals surface area contributed by atoms with Gasteiger partial charge in [0.2, 0.25) is 0 Å². The number of benzene rings is 1. The molecule has 1 aliphatic heterocycles. The van der Waals surface area contributed by atoms with Crippen LogP contribution in [0.3, 0.4) is 0 Å². The van der Waals surface area contributed by atoms with Crippen molar-refractivity contribution >= 4 is 32.8 Å². The van der Waals surface area contributed by atoms with Gasteiger partial charge in [0.1, 0.15) is 0 Å². The van der Waals surface area contributed by atoms with E-state index in [1.165, 1.54) is 48.2 Å². The van der Waals surface area contributed by atoms with Gasteiger partial charge in [-0.25, -0.2) is 0 Å². The predicted octanol–water partition coefficient (Wildman–Crippen LogP) is 3.39. The summed E-state index contributed by atoms with van der Waals surface area (Å²) in [6.07, 6.45) is 7.79. The average molecular weight is 397 g/mol. The Morgan fingerprint density at radius 1 is 1.38 bits per heavy atom. The minimum atomic E-state index is -3.67. The van der Waals surface area contributed by atoms with Gasteiger partial charge in [0.15, 0.2) is 0 Å². The Balaban J connectivity index is 0.000000349. The van der Waals surface area contributed by atoms with Crippen LogP contribution in [0.4, 0.5) is 0 Å². The average Bonchev–Trinajstić information content (AvgIpc) is 2.98. The summed E-state index contributed by atoms with van der Waals surface area (Å²) in [5, 5.41) is 1.53. The summed E-state index contributed by atoms with van der Waals surface area (Å²) in [7, 11) is -3.67. The molecule has 2 N–H and O–H groups in total. The van der Waals surface area contributed by atoms with Gasteiger partial charge in [-0.1, -0.05) is 19.1 Å². The van der Waals surface area contributed by atoms with Gasteiger partial charge in [-0.15, -0.1) is 0 Å². The number of hydrogen-bond acceptors (Lipinski definition) is 4. The summed E-state index contributed by atoms with van der Waals surface area (Å²) in [5.74, 6) is 2.87. The summed E-state index contributed by atoms with van der Waals surface area (Å²) < 4.78 is 25.9. The van der Waals surface area contributed by atoms with Gasteiger partial charge in [0.25, 0.3) is 10.1 Å². The number of aromatic amines is 1. The molecule has 5 nitrogen and oxygen atoms in total. The molecular formula is C19H28N2O3S2. The maximum absolute atomic E-state index is 9.19. The second kappa shape index (κ2) is 7.92. The standard InChI is InChI=1S/C18H24N2S.CH4O3S/c1-3-20-10-12(11-21-2)7-15-14-5-4-6-16-18(14)13(9-19-16)8-17(15)20;1-5(2,3)4/h4-6,9,12,15,17,19H,3,7-8,10-11H2,1-2H3;1H3,(H,2,3,4)/t12-,15?,17-;/m1./s1. The molecule has 1 fully saturated rings. The lowest BCUT2D eigenvalue weighted by molar-refractivity contribution is 0.0984. The fourth-order valence-electron chi connectivity index (χ4n) is 4.62. The normalized spacial score (nSPS) is 25.5. The van der Waals surface area contributed by atoms with Crippen LogP contribution in [0.5, 0.6) is 0 Å². The number of fused-ring (bicyclic) bond motifs is 2. The molecule has 0 bridgehead atoms. The van der Waals surface area contributed by atoms with E-state index in [0.29, 0.717) is 12.3 Å². The van der Waals surface area contributed by atoms with E-state index < -0.39 is 10.1 Å². The Morgan fingerprint density at radius 3 is 2.77 bits per heavy atom. The zero-order chi connectivity index (χ0) is 18.9. The zero-order valence-corrected chi connectivity index (χ0v) is 17.2. The molecule has 0 spiro atoms. The molecule has 1 saturated heterocycles. The molecule has 2 aliphatic rings. The van der Waals surface area contributed by atoms with Gasteiger partial charge in [-0.3, -0.25) is 9.45 Å². The van der Waals surface area contributed by atoms with Crippen LogP contribution >= 0.6 is 11.8 Å². The molecule has 7 heteroatoms. The van der Waals surface area contributed by atoms with Gasteiger partial charge in [-0.05, 0) is 54.5 Å². The van der Waals surface area contributed by atoms with Gasteiger partial charge in [-0.2, -0.15) is 20.2 Å². The molecule has 3 atom stereocenters. The number of thioether (sulfide) groups is 1. The van der Waals surface area contributed by atoms with Crippen LogP contribution in [0.15, 0.2) is 24.4 Å². The summed E-state index contributed by atoms with van der Waals surface area (Å²) >= 11 is 2.01. The Morgan fingerprint density at radius 2 is 2.12 bits per heavy atom. The van der Waals surface area contributed by atoms with Gasteiger partial charge >= 0.3 is 0 Å². The smallest absolute Gasteiger partial charge is 0.261 e. The maximum Gasteiger partial charge on any atom is 0.261 e. The monoisotopic (exact) mass is 396 g/mol. The van der Waals surface area contributed by atoms with E-state index >= 15 is 0 Å². The molecule has 0 saturated carbocycles. The predicted molar refractivity (Wildman–Crippen MR) is 110 cm³/mol. The number of likely N-dealkylation sites (N-methyl/N-ethyl adjacent to an activating group) is 1. The van der Waals surface area contributed by atoms with Crippen molar-refractivity contribution in [3.8, 4) is 0 Å². The van der Waals surface area contributed by atoms with Crippen LogP contribution in [0.2, 0.25) is 0 Å². The van der Waals surface area contributed by atoms with Crippen LogP contribution in [-0.2, 0) is 16.5 Å². The fourth-order valence-corrected chi connectivity index (χ4v) is 5.33. The van der Waals surface area contributed by atoms with Crippen molar-refractivity contribution in [3.63, 3.8) is 0 Å². The van der Waals surface area contributed by atoms with Crippen molar-refractivity contribution in [3.05, 3.63) is 35.5 Å². The van der Waals surface area contributed by atoms with Crippen LogP contribution in [0, 0.1) is 5.92 Å². The number of piperidine rings is 1. The molecule has 1 aromatic heterocycles. The van der Waals surface area contributed by atoms with E-state index in [4.69, 9.17) is 4.55 Å². The molecule has 26 heavy (non-hydrogen) atoms. The van der Waals surface area contributed by atoms with Crippen LogP contribution in [0.25, 0.3) is 10.9 Å². The molecule has 4 rings (SSSR count). The largest absolute Gasteiger partial charge is 0.361 e. The Hall–Kier alpha value is -1.02. The third kappa shape index (κ3) is 4.27. The Labute approximate surface area is 160 Å². The maximum atomic E-state index is 9.19. The topological polar surface area (TPSA) is 73.4 Å². The van der Waals surface area contributed by atoms with E-state index in [0.717, 1.165) is 11.8 Å². The minimum Gasteiger partial charge on any atom is -0.361 e. The number of nitrogens with zero attached hydrogens (tertiary/aromatic N) is 1. The number of aromatic nitrogens is 1. The minimum absolute atomic E-state index is 0.710. The molecule has 144 valence electrons. The number of likely N-dealkylation sites (tertiary alicyclic amines) is 1. The second-order valence-electron chi connectivity index (χ2n) is 7.34. The zero-order valence-electron chi connectivity index (χ0n) is 15.6. The highest BCUT2D eigenvalue weighted by Gasteiger charge is 2.39. The molecule has 2 heterocycles. The molecular weight excluding hydrogens is 368 g/mol. The molecule has 0 amide bonds. The van der Waals surface area contributed by atoms with Crippen molar-refractivity contribution in [1.82, 2.24) is 9.88 Å². The van der Waals surface area contributed by atoms with Crippen LogP contribution in [-0.4, -0.2) is 60.3 Å². The number of nitrogens with one attached hydrogen (secondary N) is 1. The van der Waals surface area contributed by atoms with Gasteiger partial charge in [0.05, 0.1) is 6.26 Å². The summed E-state index contributed by atoms with van der Waals surface area (Å²) in [6.45, 7) is 4.79. The number of H-pyrrole nitrogens is 1. The second-order valence-corrected chi connectivity index (χ2v) is 9.72. The third-order valence-electron chi connectivity index (χ3n) is 5.47. The number of rotatable bonds is 3. The quantitative estimate of drug-likeness (QED) is 0.778. The van der Waals surface area contributed by atoms with Crippen molar-refractivity contribution in [2.45, 2.75) is 31.7 Å².